The molecule has 0 fully saturated rings. The lowest BCUT2D eigenvalue weighted by Gasteiger charge is -2.14. The molecule has 2 aromatic rings. The van der Waals surface area contributed by atoms with Crippen LogP contribution in [0, 0.1) is 0 Å². The van der Waals surface area contributed by atoms with Crippen LogP contribution in [0.3, 0.4) is 0 Å². The van der Waals surface area contributed by atoms with Gasteiger partial charge in [0.1, 0.15) is 16.5 Å². The molecule has 0 aliphatic carbocycles. The van der Waals surface area contributed by atoms with Crippen LogP contribution in [-0.4, -0.2) is 25.8 Å². The molecule has 5 nitrogen and oxygen atoms in total. The molecular weight excluding hydrogens is 282 g/mol. The van der Waals surface area contributed by atoms with Crippen LogP contribution in [0.25, 0.3) is 0 Å². The van der Waals surface area contributed by atoms with Gasteiger partial charge in [0.2, 0.25) is 0 Å². The second kappa shape index (κ2) is 5.34. The maximum Gasteiger partial charge on any atom is 0.345 e. The number of rotatable bonds is 4. The van der Waals surface area contributed by atoms with Crippen molar-refractivity contribution in [1.82, 2.24) is 14.8 Å². The minimum absolute atomic E-state index is 0.380. The zero-order valence-electron chi connectivity index (χ0n) is 10.2. The lowest BCUT2D eigenvalue weighted by atomic mass is 10.2. The Balaban J connectivity index is 1.68. The van der Waals surface area contributed by atoms with Gasteiger partial charge < -0.3 is 9.67 Å². The van der Waals surface area contributed by atoms with Gasteiger partial charge in [-0.2, -0.15) is 0 Å². The number of aryl methyl sites for hydroxylation is 1. The maximum atomic E-state index is 10.8. The number of thiophene rings is 1. The lowest BCUT2D eigenvalue weighted by Crippen LogP contribution is -2.12. The lowest BCUT2D eigenvalue weighted by molar-refractivity contribution is 0.0702. The molecule has 1 aliphatic rings. The van der Waals surface area contributed by atoms with Gasteiger partial charge >= 0.3 is 5.97 Å². The summed E-state index contributed by atoms with van der Waals surface area (Å²) in [7, 11) is 0. The van der Waals surface area contributed by atoms with E-state index in [-0.39, 0.29) is 0 Å². The Labute approximate surface area is 118 Å². The molecule has 1 N–H and O–H groups in total. The maximum absolute atomic E-state index is 10.8. The Morgan fingerprint density at radius 3 is 3.16 bits per heavy atom. The molecule has 3 heterocycles. The number of aromatic nitrogens is 3. The highest BCUT2D eigenvalue weighted by Crippen LogP contribution is 2.28. The predicted molar refractivity (Wildman–Crippen MR) is 73.8 cm³/mol. The molecule has 19 heavy (non-hydrogen) atoms. The van der Waals surface area contributed by atoms with E-state index in [1.807, 2.05) is 5.38 Å². The van der Waals surface area contributed by atoms with Crippen LogP contribution in [0.4, 0.5) is 0 Å². The van der Waals surface area contributed by atoms with E-state index in [0.717, 1.165) is 35.3 Å². The van der Waals surface area contributed by atoms with Crippen molar-refractivity contribution in [1.29, 1.82) is 0 Å². The zero-order chi connectivity index (χ0) is 13.2. The molecule has 7 heteroatoms. The number of carboxylic acids is 1. The molecule has 0 radical (unpaired) electrons. The second-order valence-electron chi connectivity index (χ2n) is 4.38. The molecule has 3 rings (SSSR count). The molecule has 0 unspecified atom stereocenters. The van der Waals surface area contributed by atoms with Gasteiger partial charge in [-0.25, -0.2) is 4.79 Å². The monoisotopic (exact) mass is 295 g/mol. The minimum atomic E-state index is -0.864. The van der Waals surface area contributed by atoms with Crippen molar-refractivity contribution >= 4 is 29.1 Å². The molecule has 0 bridgehead atoms. The summed E-state index contributed by atoms with van der Waals surface area (Å²) in [6.07, 6.45) is 3.39. The van der Waals surface area contributed by atoms with Crippen LogP contribution in [-0.2, 0) is 18.7 Å². The molecule has 1 aliphatic heterocycles. The van der Waals surface area contributed by atoms with E-state index in [0.29, 0.717) is 4.88 Å². The third-order valence-corrected chi connectivity index (χ3v) is 5.13. The first kappa shape index (κ1) is 12.7. The highest BCUT2D eigenvalue weighted by atomic mass is 32.2. The number of carbonyl (C=O) groups is 1. The van der Waals surface area contributed by atoms with E-state index < -0.39 is 5.97 Å². The largest absolute Gasteiger partial charge is 0.477 e. The van der Waals surface area contributed by atoms with Gasteiger partial charge in [-0.1, -0.05) is 0 Å². The van der Waals surface area contributed by atoms with Gasteiger partial charge in [-0.05, 0) is 18.9 Å². The Hall–Kier alpha value is -1.34. The first-order chi connectivity index (χ1) is 9.24. The van der Waals surface area contributed by atoms with Crippen molar-refractivity contribution < 1.29 is 9.90 Å². The van der Waals surface area contributed by atoms with Gasteiger partial charge in [0.05, 0.1) is 5.75 Å². The van der Waals surface area contributed by atoms with Crippen LogP contribution >= 0.6 is 23.1 Å². The quantitative estimate of drug-likeness (QED) is 0.878. The summed E-state index contributed by atoms with van der Waals surface area (Å²) < 4.78 is 2.20. The Kier molecular flexibility index (Phi) is 3.56. The van der Waals surface area contributed by atoms with Gasteiger partial charge in [0.25, 0.3) is 0 Å². The number of nitrogens with zero attached hydrogens (tertiary/aromatic N) is 3. The normalized spacial score (nSPS) is 14.3. The van der Waals surface area contributed by atoms with Crippen molar-refractivity contribution in [3.05, 3.63) is 28.0 Å². The number of fused-ring (bicyclic) bond motifs is 1. The van der Waals surface area contributed by atoms with E-state index in [4.69, 9.17) is 5.11 Å². The highest BCUT2D eigenvalue weighted by Gasteiger charge is 2.16. The minimum Gasteiger partial charge on any atom is -0.477 e. The fourth-order valence-electron chi connectivity index (χ4n) is 2.13. The number of carboxylic acid groups (broad SMARTS) is 1. The van der Waals surface area contributed by atoms with Crippen molar-refractivity contribution in [2.45, 2.75) is 36.5 Å². The predicted octanol–water partition coefficient (Wildman–Crippen LogP) is 2.67. The Morgan fingerprint density at radius 1 is 1.47 bits per heavy atom. The van der Waals surface area contributed by atoms with Gasteiger partial charge in [-0.15, -0.1) is 33.3 Å². The Morgan fingerprint density at radius 2 is 2.37 bits per heavy atom. The van der Waals surface area contributed by atoms with Crippen molar-refractivity contribution in [3.63, 3.8) is 0 Å². The Bertz CT molecular complexity index is 606. The molecule has 0 amide bonds. The van der Waals surface area contributed by atoms with Gasteiger partial charge in [-0.3, -0.25) is 0 Å². The van der Waals surface area contributed by atoms with Crippen LogP contribution in [0.15, 0.2) is 16.3 Å². The van der Waals surface area contributed by atoms with E-state index in [1.54, 1.807) is 17.8 Å². The first-order valence-corrected chi connectivity index (χ1v) is 7.96. The molecule has 0 saturated carbocycles. The summed E-state index contributed by atoms with van der Waals surface area (Å²) in [6.45, 7) is 1.00. The SMILES string of the molecule is O=C(O)c1cc(SCc2nnc3n2CCCC3)cs1. The topological polar surface area (TPSA) is 68.0 Å². The molecule has 0 spiro atoms. The average Bonchev–Trinajstić information content (AvgIpc) is 3.03. The van der Waals surface area contributed by atoms with Crippen LogP contribution < -0.4 is 0 Å². The van der Waals surface area contributed by atoms with Crippen LogP contribution in [0.1, 0.15) is 34.2 Å². The van der Waals surface area contributed by atoms with Crippen LogP contribution in [0.5, 0.6) is 0 Å². The fraction of sp³-hybridized carbons (Fsp3) is 0.417. The van der Waals surface area contributed by atoms with E-state index in [2.05, 4.69) is 14.8 Å². The highest BCUT2D eigenvalue weighted by molar-refractivity contribution is 7.98. The van der Waals surface area contributed by atoms with Crippen molar-refractivity contribution in [2.24, 2.45) is 0 Å². The van der Waals surface area contributed by atoms with Crippen molar-refractivity contribution in [2.75, 3.05) is 0 Å². The third-order valence-electron chi connectivity index (χ3n) is 3.09. The zero-order valence-corrected chi connectivity index (χ0v) is 11.8. The number of hydrogen-bond acceptors (Lipinski definition) is 5. The molecule has 0 aromatic carbocycles. The average molecular weight is 295 g/mol. The molecule has 2 aromatic heterocycles. The first-order valence-electron chi connectivity index (χ1n) is 6.09. The number of hydrogen-bond donors (Lipinski definition) is 1. The molecule has 0 atom stereocenters. The van der Waals surface area contributed by atoms with E-state index >= 15 is 0 Å². The molecular formula is C12H13N3O2S2. The summed E-state index contributed by atoms with van der Waals surface area (Å²) in [6, 6.07) is 1.71. The van der Waals surface area contributed by atoms with Gasteiger partial charge in [0.15, 0.2) is 0 Å². The summed E-state index contributed by atoms with van der Waals surface area (Å²) >= 11 is 2.87. The third kappa shape index (κ3) is 2.66. The van der Waals surface area contributed by atoms with Crippen LogP contribution in [0.2, 0.25) is 0 Å². The van der Waals surface area contributed by atoms with Gasteiger partial charge in [0, 0.05) is 23.2 Å². The van der Waals surface area contributed by atoms with Crippen molar-refractivity contribution in [3.8, 4) is 0 Å². The van der Waals surface area contributed by atoms with E-state index in [1.165, 1.54) is 24.2 Å². The molecule has 100 valence electrons. The smallest absolute Gasteiger partial charge is 0.345 e. The summed E-state index contributed by atoms with van der Waals surface area (Å²) in [4.78, 5) is 12.2. The molecule has 0 saturated heterocycles. The standard InChI is InChI=1S/C12H13N3O2S2/c16-12(17)9-5-8(6-19-9)18-7-11-14-13-10-3-1-2-4-15(10)11/h5-6H,1-4,7H2,(H,16,17). The van der Waals surface area contributed by atoms with E-state index in [9.17, 15) is 4.79 Å². The fourth-order valence-corrected chi connectivity index (χ4v) is 3.94. The summed E-state index contributed by atoms with van der Waals surface area (Å²) in [5.74, 6) is 1.95. The second-order valence-corrected chi connectivity index (χ2v) is 6.34. The number of aromatic carboxylic acids is 1. The summed E-state index contributed by atoms with van der Waals surface area (Å²) in [5.41, 5.74) is 0. The summed E-state index contributed by atoms with van der Waals surface area (Å²) in [5, 5.41) is 19.2. The number of thioether (sulfide) groups is 1.